The monoisotopic (exact) mass is 307 g/mol. The van der Waals surface area contributed by atoms with E-state index in [1.807, 2.05) is 6.07 Å². The lowest BCUT2D eigenvalue weighted by Gasteiger charge is -2.27. The summed E-state index contributed by atoms with van der Waals surface area (Å²) < 4.78 is 32.5. The lowest BCUT2D eigenvalue weighted by molar-refractivity contribution is 0.386. The van der Waals surface area contributed by atoms with Crippen molar-refractivity contribution in [1.82, 2.24) is 0 Å². The van der Waals surface area contributed by atoms with Crippen molar-refractivity contribution in [2.75, 3.05) is 18.2 Å². The summed E-state index contributed by atoms with van der Waals surface area (Å²) in [5, 5.41) is 3.28. The van der Waals surface area contributed by atoms with Gasteiger partial charge in [0.15, 0.2) is 11.6 Å². The first kappa shape index (κ1) is 14.2. The topological polar surface area (TPSA) is 21.3 Å². The summed E-state index contributed by atoms with van der Waals surface area (Å²) in [5.74, 6) is 0.452. The highest BCUT2D eigenvalue weighted by molar-refractivity contribution is 7.99. The Morgan fingerprint density at radius 2 is 2.05 bits per heavy atom. The number of halogens is 2. The average molecular weight is 307 g/mol. The number of hydrogen-bond acceptors (Lipinski definition) is 3. The maximum absolute atomic E-state index is 13.8. The van der Waals surface area contributed by atoms with E-state index in [1.165, 1.54) is 31.0 Å². The Morgan fingerprint density at radius 3 is 2.81 bits per heavy atom. The van der Waals surface area contributed by atoms with Crippen LogP contribution in [-0.4, -0.2) is 12.9 Å². The Bertz CT molecular complexity index is 663. The number of nitrogens with one attached hydrogen (secondary N) is 1. The Morgan fingerprint density at radius 1 is 1.19 bits per heavy atom. The number of ether oxygens (including phenoxy) is 1. The number of benzene rings is 2. The summed E-state index contributed by atoms with van der Waals surface area (Å²) in [7, 11) is 1.43. The zero-order chi connectivity index (χ0) is 14.8. The Hall–Kier alpha value is -1.75. The van der Waals surface area contributed by atoms with Crippen LogP contribution in [0.3, 0.4) is 0 Å². The summed E-state index contributed by atoms with van der Waals surface area (Å²) in [5.41, 5.74) is 1.60. The van der Waals surface area contributed by atoms with Crippen LogP contribution in [-0.2, 0) is 0 Å². The minimum atomic E-state index is -0.410. The van der Waals surface area contributed by atoms with Crippen molar-refractivity contribution in [1.29, 1.82) is 0 Å². The smallest absolute Gasteiger partial charge is 0.167 e. The number of anilines is 1. The maximum atomic E-state index is 13.8. The SMILES string of the molecule is COc1ccc(NC2CCSc3c(F)cccc32)cc1F. The number of rotatable bonds is 3. The first-order chi connectivity index (χ1) is 10.2. The number of hydrogen-bond donors (Lipinski definition) is 1. The first-order valence-corrected chi connectivity index (χ1v) is 7.69. The van der Waals surface area contributed by atoms with Crippen molar-refractivity contribution in [3.8, 4) is 5.75 Å². The molecule has 0 amide bonds. The van der Waals surface area contributed by atoms with E-state index in [4.69, 9.17) is 4.74 Å². The number of fused-ring (bicyclic) bond motifs is 1. The molecule has 0 spiro atoms. The molecule has 0 aliphatic carbocycles. The molecule has 2 nitrogen and oxygen atoms in total. The van der Waals surface area contributed by atoms with Gasteiger partial charge < -0.3 is 10.1 Å². The average Bonchev–Trinajstić information content (AvgIpc) is 2.49. The Labute approximate surface area is 126 Å². The maximum Gasteiger partial charge on any atom is 0.167 e. The lowest BCUT2D eigenvalue weighted by Crippen LogP contribution is -2.17. The third-order valence-corrected chi connectivity index (χ3v) is 4.68. The zero-order valence-electron chi connectivity index (χ0n) is 11.5. The molecule has 5 heteroatoms. The van der Waals surface area contributed by atoms with Crippen molar-refractivity contribution < 1.29 is 13.5 Å². The third kappa shape index (κ3) is 2.83. The van der Waals surface area contributed by atoms with E-state index in [1.54, 1.807) is 18.2 Å². The molecule has 0 radical (unpaired) electrons. The van der Waals surface area contributed by atoms with Crippen molar-refractivity contribution in [3.63, 3.8) is 0 Å². The predicted octanol–water partition coefficient (Wildman–Crippen LogP) is 4.62. The molecule has 1 N–H and O–H groups in total. The first-order valence-electron chi connectivity index (χ1n) is 6.70. The second-order valence-electron chi connectivity index (χ2n) is 4.84. The fourth-order valence-electron chi connectivity index (χ4n) is 2.49. The van der Waals surface area contributed by atoms with Crippen LogP contribution in [0.15, 0.2) is 41.3 Å². The lowest BCUT2D eigenvalue weighted by atomic mass is 10.0. The van der Waals surface area contributed by atoms with Crippen LogP contribution in [0, 0.1) is 11.6 Å². The molecule has 0 saturated heterocycles. The van der Waals surface area contributed by atoms with Gasteiger partial charge in [0.1, 0.15) is 5.82 Å². The van der Waals surface area contributed by atoms with Crippen LogP contribution in [0.4, 0.5) is 14.5 Å². The van der Waals surface area contributed by atoms with Gasteiger partial charge in [0.2, 0.25) is 0 Å². The highest BCUT2D eigenvalue weighted by atomic mass is 32.2. The van der Waals surface area contributed by atoms with E-state index in [9.17, 15) is 8.78 Å². The molecule has 2 aromatic rings. The third-order valence-electron chi connectivity index (χ3n) is 3.52. The van der Waals surface area contributed by atoms with Gasteiger partial charge in [0, 0.05) is 22.4 Å². The van der Waals surface area contributed by atoms with E-state index in [2.05, 4.69) is 5.32 Å². The van der Waals surface area contributed by atoms with Gasteiger partial charge >= 0.3 is 0 Å². The largest absolute Gasteiger partial charge is 0.494 e. The molecule has 1 atom stereocenters. The standard InChI is InChI=1S/C16H15F2NOS/c1-20-15-6-5-10(9-13(15)18)19-14-7-8-21-16-11(14)3-2-4-12(16)17/h2-6,9,14,19H,7-8H2,1H3. The van der Waals surface area contributed by atoms with Gasteiger partial charge in [-0.3, -0.25) is 0 Å². The summed E-state index contributed by atoms with van der Waals surface area (Å²) in [6.07, 6.45) is 0.870. The predicted molar refractivity (Wildman–Crippen MR) is 81.1 cm³/mol. The van der Waals surface area contributed by atoms with Gasteiger partial charge in [-0.2, -0.15) is 0 Å². The van der Waals surface area contributed by atoms with Crippen LogP contribution in [0.5, 0.6) is 5.75 Å². The molecule has 0 aromatic heterocycles. The molecule has 110 valence electrons. The van der Waals surface area contributed by atoms with Crippen molar-refractivity contribution in [2.24, 2.45) is 0 Å². The van der Waals surface area contributed by atoms with Gasteiger partial charge in [-0.1, -0.05) is 12.1 Å². The van der Waals surface area contributed by atoms with Crippen LogP contribution >= 0.6 is 11.8 Å². The highest BCUT2D eigenvalue weighted by Gasteiger charge is 2.23. The van der Waals surface area contributed by atoms with E-state index in [0.29, 0.717) is 10.6 Å². The summed E-state index contributed by atoms with van der Waals surface area (Å²) in [6.45, 7) is 0. The van der Waals surface area contributed by atoms with Crippen LogP contribution in [0.1, 0.15) is 18.0 Å². The Kier molecular flexibility index (Phi) is 4.01. The molecule has 1 heterocycles. The number of thioether (sulfide) groups is 1. The van der Waals surface area contributed by atoms with Crippen LogP contribution in [0.25, 0.3) is 0 Å². The summed E-state index contributed by atoms with van der Waals surface area (Å²) in [4.78, 5) is 0.690. The minimum absolute atomic E-state index is 0.00950. The van der Waals surface area contributed by atoms with Gasteiger partial charge in [0.25, 0.3) is 0 Å². The minimum Gasteiger partial charge on any atom is -0.494 e. The zero-order valence-corrected chi connectivity index (χ0v) is 12.3. The molecule has 3 rings (SSSR count). The summed E-state index contributed by atoms with van der Waals surface area (Å²) >= 11 is 1.53. The van der Waals surface area contributed by atoms with Gasteiger partial charge in [0.05, 0.1) is 13.2 Å². The van der Waals surface area contributed by atoms with Crippen molar-refractivity contribution in [2.45, 2.75) is 17.4 Å². The highest BCUT2D eigenvalue weighted by Crippen LogP contribution is 2.39. The van der Waals surface area contributed by atoms with Crippen molar-refractivity contribution >= 4 is 17.4 Å². The molecular weight excluding hydrogens is 292 g/mol. The van der Waals surface area contributed by atoms with Gasteiger partial charge in [-0.15, -0.1) is 11.8 Å². The fourth-order valence-corrected chi connectivity index (χ4v) is 3.63. The van der Waals surface area contributed by atoms with Gasteiger partial charge in [-0.25, -0.2) is 8.78 Å². The van der Waals surface area contributed by atoms with Crippen LogP contribution < -0.4 is 10.1 Å². The van der Waals surface area contributed by atoms with E-state index in [-0.39, 0.29) is 17.6 Å². The van der Waals surface area contributed by atoms with Crippen molar-refractivity contribution in [3.05, 3.63) is 53.6 Å². The molecular formula is C16H15F2NOS. The normalized spacial score (nSPS) is 17.2. The molecule has 1 unspecified atom stereocenters. The molecule has 21 heavy (non-hydrogen) atoms. The molecule has 1 aliphatic heterocycles. The Balaban J connectivity index is 1.87. The van der Waals surface area contributed by atoms with E-state index >= 15 is 0 Å². The van der Waals surface area contributed by atoms with E-state index in [0.717, 1.165) is 17.7 Å². The van der Waals surface area contributed by atoms with Crippen LogP contribution in [0.2, 0.25) is 0 Å². The quantitative estimate of drug-likeness (QED) is 0.894. The molecule has 1 aliphatic rings. The second-order valence-corrected chi connectivity index (χ2v) is 5.95. The molecule has 2 aromatic carbocycles. The summed E-state index contributed by atoms with van der Waals surface area (Å²) in [6, 6.07) is 9.85. The molecule has 0 fully saturated rings. The molecule has 0 saturated carbocycles. The fraction of sp³-hybridized carbons (Fsp3) is 0.250. The number of methoxy groups -OCH3 is 1. The van der Waals surface area contributed by atoms with Gasteiger partial charge in [-0.05, 0) is 30.2 Å². The van der Waals surface area contributed by atoms with E-state index < -0.39 is 5.82 Å². The molecule has 0 bridgehead atoms. The second kappa shape index (κ2) is 5.93.